The molecule has 2 aromatic rings. The Labute approximate surface area is 148 Å². The van der Waals surface area contributed by atoms with Gasteiger partial charge in [-0.3, -0.25) is 4.90 Å². The summed E-state index contributed by atoms with van der Waals surface area (Å²) >= 11 is 6.06. The third-order valence-electron chi connectivity index (χ3n) is 5.54. The van der Waals surface area contributed by atoms with Crippen LogP contribution in [-0.2, 0) is 0 Å². The van der Waals surface area contributed by atoms with Crippen molar-refractivity contribution in [2.24, 2.45) is 0 Å². The molecule has 0 N–H and O–H groups in total. The molecule has 0 spiro atoms. The number of halogens is 2. The van der Waals surface area contributed by atoms with Crippen molar-refractivity contribution < 1.29 is 4.52 Å². The maximum Gasteiger partial charge on any atom is 0.142 e. The molecule has 0 amide bonds. The van der Waals surface area contributed by atoms with Crippen molar-refractivity contribution in [3.63, 3.8) is 0 Å². The van der Waals surface area contributed by atoms with Gasteiger partial charge in [-0.2, -0.15) is 0 Å². The average Bonchev–Trinajstić information content (AvgIpc) is 3.02. The molecule has 2 aliphatic rings. The Morgan fingerprint density at radius 3 is 2.61 bits per heavy atom. The Morgan fingerprint density at radius 1 is 1.22 bits per heavy atom. The summed E-state index contributed by atoms with van der Waals surface area (Å²) in [5.41, 5.74) is 2.33. The summed E-state index contributed by atoms with van der Waals surface area (Å²) in [6.45, 7) is 1.99. The highest BCUT2D eigenvalue weighted by molar-refractivity contribution is 6.30. The van der Waals surface area contributed by atoms with Gasteiger partial charge in [0.05, 0.1) is 5.69 Å². The number of aromatic nitrogens is 1. The van der Waals surface area contributed by atoms with Crippen LogP contribution in [0.4, 0.5) is 0 Å². The summed E-state index contributed by atoms with van der Waals surface area (Å²) in [6.07, 6.45) is 3.71. The van der Waals surface area contributed by atoms with Crippen LogP contribution in [0.1, 0.15) is 48.1 Å². The van der Waals surface area contributed by atoms with E-state index in [-0.39, 0.29) is 12.4 Å². The van der Waals surface area contributed by atoms with Gasteiger partial charge in [0, 0.05) is 29.1 Å². The second-order valence-electron chi connectivity index (χ2n) is 6.75. The van der Waals surface area contributed by atoms with Crippen LogP contribution >= 0.6 is 24.0 Å². The molecule has 2 bridgehead atoms. The minimum atomic E-state index is 0. The first-order valence-electron chi connectivity index (χ1n) is 8.04. The predicted octanol–water partition coefficient (Wildman–Crippen LogP) is 4.79. The predicted molar refractivity (Wildman–Crippen MR) is 94.6 cm³/mol. The van der Waals surface area contributed by atoms with Gasteiger partial charge in [-0.05, 0) is 56.8 Å². The second kappa shape index (κ2) is 6.46. The van der Waals surface area contributed by atoms with Crippen molar-refractivity contribution in [2.75, 3.05) is 7.05 Å². The lowest BCUT2D eigenvalue weighted by Gasteiger charge is -2.42. The lowest BCUT2D eigenvalue weighted by molar-refractivity contribution is 0.122. The zero-order chi connectivity index (χ0) is 15.3. The maximum atomic E-state index is 6.06. The lowest BCUT2D eigenvalue weighted by Crippen LogP contribution is -2.44. The van der Waals surface area contributed by atoms with Gasteiger partial charge >= 0.3 is 0 Å². The molecule has 124 valence electrons. The molecule has 2 aliphatic heterocycles. The summed E-state index contributed by atoms with van der Waals surface area (Å²) < 4.78 is 5.68. The fourth-order valence-corrected chi connectivity index (χ4v) is 4.57. The van der Waals surface area contributed by atoms with E-state index in [1.807, 2.05) is 19.1 Å². The van der Waals surface area contributed by atoms with Crippen LogP contribution in [0.3, 0.4) is 0 Å². The number of piperidine rings is 1. The number of hydrogen-bond donors (Lipinski definition) is 0. The molecular formula is C18H22Cl2N2O. The minimum absolute atomic E-state index is 0. The Morgan fingerprint density at radius 2 is 1.96 bits per heavy atom. The van der Waals surface area contributed by atoms with Gasteiger partial charge in [0.25, 0.3) is 0 Å². The summed E-state index contributed by atoms with van der Waals surface area (Å²) in [7, 11) is 2.26. The van der Waals surface area contributed by atoms with Crippen molar-refractivity contribution in [1.82, 2.24) is 10.1 Å². The number of rotatable bonds is 2. The highest BCUT2D eigenvalue weighted by atomic mass is 35.5. The van der Waals surface area contributed by atoms with Gasteiger partial charge in [-0.15, -0.1) is 12.4 Å². The van der Waals surface area contributed by atoms with Gasteiger partial charge in [-0.25, -0.2) is 0 Å². The average molecular weight is 353 g/mol. The summed E-state index contributed by atoms with van der Waals surface area (Å²) in [6, 6.07) is 11.7. The van der Waals surface area contributed by atoms with Gasteiger partial charge in [0.15, 0.2) is 0 Å². The van der Waals surface area contributed by atoms with Gasteiger partial charge in [-0.1, -0.05) is 28.9 Å². The molecule has 4 atom stereocenters. The van der Waals surface area contributed by atoms with Gasteiger partial charge in [0.1, 0.15) is 5.76 Å². The van der Waals surface area contributed by atoms with Crippen molar-refractivity contribution in [3.05, 3.63) is 52.4 Å². The van der Waals surface area contributed by atoms with Crippen molar-refractivity contribution in [1.29, 1.82) is 0 Å². The molecule has 2 fully saturated rings. The summed E-state index contributed by atoms with van der Waals surface area (Å²) in [5, 5.41) is 4.92. The zero-order valence-corrected chi connectivity index (χ0v) is 15.0. The fraction of sp³-hybridized carbons (Fsp3) is 0.500. The molecule has 0 radical (unpaired) electrons. The van der Waals surface area contributed by atoms with E-state index in [1.54, 1.807) is 0 Å². The van der Waals surface area contributed by atoms with Crippen LogP contribution in [0.15, 0.2) is 34.9 Å². The van der Waals surface area contributed by atoms with Crippen molar-refractivity contribution in [3.8, 4) is 0 Å². The van der Waals surface area contributed by atoms with Crippen LogP contribution in [0.5, 0.6) is 0 Å². The lowest BCUT2D eigenvalue weighted by atomic mass is 9.75. The van der Waals surface area contributed by atoms with E-state index in [0.29, 0.717) is 23.9 Å². The summed E-state index contributed by atoms with van der Waals surface area (Å²) in [4.78, 5) is 2.55. The molecule has 0 aliphatic carbocycles. The van der Waals surface area contributed by atoms with E-state index >= 15 is 0 Å². The third-order valence-corrected chi connectivity index (χ3v) is 5.79. The van der Waals surface area contributed by atoms with Gasteiger partial charge < -0.3 is 4.52 Å². The molecule has 5 heteroatoms. The monoisotopic (exact) mass is 352 g/mol. The quantitative estimate of drug-likeness (QED) is 0.777. The molecule has 0 saturated carbocycles. The second-order valence-corrected chi connectivity index (χ2v) is 7.19. The maximum absolute atomic E-state index is 6.06. The standard InChI is InChI=1S/C18H21ClN2O.ClH/c1-11-9-17(22-20-11)18-15(12-3-5-13(19)6-4-12)10-14-7-8-16(18)21(14)2;/h3-6,9,14-16,18H,7-8,10H2,1-2H3;1H/t14-,15+,16+,18-;/m0./s1. The molecule has 3 heterocycles. The number of likely N-dealkylation sites (N-methyl/N-ethyl adjacent to an activating group) is 1. The Kier molecular flexibility index (Phi) is 4.73. The molecule has 0 unspecified atom stereocenters. The Balaban J connectivity index is 0.00000156. The van der Waals surface area contributed by atoms with Gasteiger partial charge in [0.2, 0.25) is 0 Å². The summed E-state index contributed by atoms with van der Waals surface area (Å²) in [5.74, 6) is 1.90. The topological polar surface area (TPSA) is 29.3 Å². The van der Waals surface area contributed by atoms with E-state index in [0.717, 1.165) is 16.5 Å². The number of aryl methyl sites for hydroxylation is 1. The number of nitrogens with zero attached hydrogens (tertiary/aromatic N) is 2. The molecular weight excluding hydrogens is 331 g/mol. The largest absolute Gasteiger partial charge is 0.361 e. The molecule has 1 aromatic carbocycles. The molecule has 3 nitrogen and oxygen atoms in total. The first-order valence-corrected chi connectivity index (χ1v) is 8.42. The third kappa shape index (κ3) is 2.90. The number of hydrogen-bond acceptors (Lipinski definition) is 3. The van der Waals surface area contributed by atoms with E-state index < -0.39 is 0 Å². The Bertz CT molecular complexity index is 670. The molecule has 1 aromatic heterocycles. The van der Waals surface area contributed by atoms with Crippen molar-refractivity contribution in [2.45, 2.75) is 50.1 Å². The van der Waals surface area contributed by atoms with Crippen LogP contribution in [0, 0.1) is 6.92 Å². The van der Waals surface area contributed by atoms with Crippen molar-refractivity contribution >= 4 is 24.0 Å². The van der Waals surface area contributed by atoms with Crippen LogP contribution in [0.25, 0.3) is 0 Å². The number of benzene rings is 1. The molecule has 4 rings (SSSR count). The normalized spacial score (nSPS) is 30.2. The zero-order valence-electron chi connectivity index (χ0n) is 13.4. The smallest absolute Gasteiger partial charge is 0.142 e. The highest BCUT2D eigenvalue weighted by Gasteiger charge is 2.47. The molecule has 2 saturated heterocycles. The highest BCUT2D eigenvalue weighted by Crippen LogP contribution is 2.50. The first kappa shape index (κ1) is 16.8. The first-order chi connectivity index (χ1) is 10.6. The Hall–Kier alpha value is -1.03. The van der Waals surface area contributed by atoms with E-state index in [9.17, 15) is 0 Å². The minimum Gasteiger partial charge on any atom is -0.361 e. The van der Waals surface area contributed by atoms with Crippen LogP contribution < -0.4 is 0 Å². The van der Waals surface area contributed by atoms with E-state index in [4.69, 9.17) is 16.1 Å². The fourth-order valence-electron chi connectivity index (χ4n) is 4.45. The van der Waals surface area contributed by atoms with E-state index in [1.165, 1.54) is 24.8 Å². The van der Waals surface area contributed by atoms with Crippen LogP contribution in [-0.4, -0.2) is 29.2 Å². The SMILES string of the molecule is Cc1cc([C@H]2[C@@H](c3ccc(Cl)cc3)C[C@@H]3CC[C@H]2N3C)on1.Cl. The van der Waals surface area contributed by atoms with Crippen LogP contribution in [0.2, 0.25) is 5.02 Å². The molecule has 23 heavy (non-hydrogen) atoms. The number of fused-ring (bicyclic) bond motifs is 2. The van der Waals surface area contributed by atoms with E-state index in [2.05, 4.69) is 35.3 Å².